The minimum Gasteiger partial charge on any atom is -0.371 e. The number of benzene rings is 1. The minimum atomic E-state index is -2.49. The van der Waals surface area contributed by atoms with E-state index in [0.717, 1.165) is 18.5 Å². The van der Waals surface area contributed by atoms with Gasteiger partial charge in [0.2, 0.25) is 0 Å². The van der Waals surface area contributed by atoms with Crippen molar-refractivity contribution in [3.63, 3.8) is 0 Å². The van der Waals surface area contributed by atoms with Crippen molar-refractivity contribution in [1.82, 2.24) is 0 Å². The molecule has 3 rings (SSSR count). The molecule has 114 valence electrons. The zero-order chi connectivity index (χ0) is 14.9. The van der Waals surface area contributed by atoms with Crippen LogP contribution in [0.15, 0.2) is 24.3 Å². The predicted octanol–water partition coefficient (Wildman–Crippen LogP) is 4.15. The van der Waals surface area contributed by atoms with Gasteiger partial charge in [-0.15, -0.1) is 0 Å². The first-order chi connectivity index (χ1) is 10.0. The molecule has 0 bridgehead atoms. The van der Waals surface area contributed by atoms with Crippen LogP contribution in [0.25, 0.3) is 0 Å². The summed E-state index contributed by atoms with van der Waals surface area (Å²) in [5.74, 6) is -1.65. The number of nitrogens with zero attached hydrogens (tertiary/aromatic N) is 1. The van der Waals surface area contributed by atoms with Crippen LogP contribution >= 0.6 is 0 Å². The van der Waals surface area contributed by atoms with E-state index in [9.17, 15) is 13.6 Å². The van der Waals surface area contributed by atoms with Gasteiger partial charge < -0.3 is 4.90 Å². The van der Waals surface area contributed by atoms with E-state index in [1.54, 1.807) is 0 Å². The van der Waals surface area contributed by atoms with E-state index in [0.29, 0.717) is 37.6 Å². The van der Waals surface area contributed by atoms with Crippen LogP contribution in [-0.4, -0.2) is 24.8 Å². The van der Waals surface area contributed by atoms with Gasteiger partial charge in [-0.25, -0.2) is 8.78 Å². The van der Waals surface area contributed by atoms with Gasteiger partial charge in [0.25, 0.3) is 5.92 Å². The third kappa shape index (κ3) is 3.42. The molecule has 1 aromatic rings. The lowest BCUT2D eigenvalue weighted by Gasteiger charge is -2.33. The molecule has 0 radical (unpaired) electrons. The fraction of sp³-hybridized carbons (Fsp3) is 0.588. The van der Waals surface area contributed by atoms with Gasteiger partial charge in [-0.1, -0.05) is 12.1 Å². The van der Waals surface area contributed by atoms with Gasteiger partial charge in [0.1, 0.15) is 5.78 Å². The fourth-order valence-corrected chi connectivity index (χ4v) is 3.32. The van der Waals surface area contributed by atoms with Crippen molar-refractivity contribution in [3.05, 3.63) is 29.8 Å². The smallest absolute Gasteiger partial charge is 0.251 e. The number of hydrogen-bond donors (Lipinski definition) is 0. The number of rotatable bonds is 2. The lowest BCUT2D eigenvalue weighted by atomic mass is 9.83. The van der Waals surface area contributed by atoms with Crippen LogP contribution in [0.1, 0.15) is 50.0 Å². The largest absolute Gasteiger partial charge is 0.371 e. The molecule has 1 saturated heterocycles. The van der Waals surface area contributed by atoms with Crippen molar-refractivity contribution < 1.29 is 13.6 Å². The average Bonchev–Trinajstić information content (AvgIpc) is 2.48. The number of alkyl halides is 2. The Morgan fingerprint density at radius 1 is 1.00 bits per heavy atom. The first-order valence-corrected chi connectivity index (χ1v) is 7.78. The molecule has 0 atom stereocenters. The summed E-state index contributed by atoms with van der Waals surface area (Å²) in [6.07, 6.45) is 3.14. The maximum Gasteiger partial charge on any atom is 0.251 e. The van der Waals surface area contributed by atoms with Gasteiger partial charge in [0.15, 0.2) is 0 Å². The lowest BCUT2D eigenvalue weighted by molar-refractivity contribution is -0.120. The number of piperidine rings is 1. The van der Waals surface area contributed by atoms with Crippen molar-refractivity contribution in [3.8, 4) is 0 Å². The van der Waals surface area contributed by atoms with E-state index in [2.05, 4.69) is 12.1 Å². The van der Waals surface area contributed by atoms with E-state index < -0.39 is 5.92 Å². The number of anilines is 1. The molecule has 0 aromatic heterocycles. The summed E-state index contributed by atoms with van der Waals surface area (Å²) in [7, 11) is 0. The van der Waals surface area contributed by atoms with Crippen LogP contribution in [0.4, 0.5) is 14.5 Å². The van der Waals surface area contributed by atoms with Gasteiger partial charge in [0, 0.05) is 44.5 Å². The molecule has 4 heteroatoms. The van der Waals surface area contributed by atoms with Gasteiger partial charge in [-0.2, -0.15) is 0 Å². The summed E-state index contributed by atoms with van der Waals surface area (Å²) in [4.78, 5) is 13.3. The molecule has 1 heterocycles. The maximum atomic E-state index is 13.2. The Bertz CT molecular complexity index is 492. The van der Waals surface area contributed by atoms with Crippen molar-refractivity contribution in [2.75, 3.05) is 18.0 Å². The van der Waals surface area contributed by atoms with Crippen LogP contribution in [0.2, 0.25) is 0 Å². The van der Waals surface area contributed by atoms with E-state index in [-0.39, 0.29) is 12.8 Å². The zero-order valence-electron chi connectivity index (χ0n) is 12.2. The maximum absolute atomic E-state index is 13.2. The van der Waals surface area contributed by atoms with E-state index >= 15 is 0 Å². The van der Waals surface area contributed by atoms with E-state index in [1.807, 2.05) is 17.0 Å². The molecule has 2 fully saturated rings. The SMILES string of the molecule is O=C1CCC(c2ccc(N3CCC(F)(F)CC3)cc2)CC1. The standard InChI is InChI=1S/C17H21F2NO/c18-17(19)9-11-20(12-10-17)15-5-1-13(2-6-15)14-3-7-16(21)8-4-14/h1-2,5-6,14H,3-4,7-12H2. The third-order valence-corrected chi connectivity index (χ3v) is 4.77. The molecule has 0 amide bonds. The minimum absolute atomic E-state index is 0.0561. The molecule has 1 aliphatic heterocycles. The third-order valence-electron chi connectivity index (χ3n) is 4.77. The normalized spacial score (nSPS) is 23.3. The topological polar surface area (TPSA) is 20.3 Å². The van der Waals surface area contributed by atoms with Crippen molar-refractivity contribution in [1.29, 1.82) is 0 Å². The highest BCUT2D eigenvalue weighted by Gasteiger charge is 2.34. The van der Waals surface area contributed by atoms with Crippen molar-refractivity contribution in [2.24, 2.45) is 0 Å². The van der Waals surface area contributed by atoms with Crippen molar-refractivity contribution in [2.45, 2.75) is 50.4 Å². The highest BCUT2D eigenvalue weighted by atomic mass is 19.3. The number of halogens is 2. The Labute approximate surface area is 124 Å². The molecule has 1 aliphatic carbocycles. The summed E-state index contributed by atoms with van der Waals surface area (Å²) < 4.78 is 26.4. The highest BCUT2D eigenvalue weighted by molar-refractivity contribution is 5.79. The molecule has 21 heavy (non-hydrogen) atoms. The quantitative estimate of drug-likeness (QED) is 0.816. The Kier molecular flexibility index (Phi) is 3.96. The molecular formula is C17H21F2NO. The Morgan fingerprint density at radius 3 is 2.14 bits per heavy atom. The van der Waals surface area contributed by atoms with Gasteiger partial charge >= 0.3 is 0 Å². The summed E-state index contributed by atoms with van der Waals surface area (Å²) >= 11 is 0. The first-order valence-electron chi connectivity index (χ1n) is 7.78. The summed E-state index contributed by atoms with van der Waals surface area (Å²) in [5.41, 5.74) is 2.30. The second kappa shape index (κ2) is 5.74. The number of carbonyl (C=O) groups excluding carboxylic acids is 1. The molecule has 1 aromatic carbocycles. The van der Waals surface area contributed by atoms with Gasteiger partial charge in [-0.05, 0) is 36.5 Å². The molecule has 2 nitrogen and oxygen atoms in total. The second-order valence-electron chi connectivity index (χ2n) is 6.25. The molecule has 0 spiro atoms. The Balaban J connectivity index is 1.63. The van der Waals surface area contributed by atoms with Crippen LogP contribution in [-0.2, 0) is 4.79 Å². The molecular weight excluding hydrogens is 272 g/mol. The second-order valence-corrected chi connectivity index (χ2v) is 6.25. The molecule has 2 aliphatic rings. The fourth-order valence-electron chi connectivity index (χ4n) is 3.32. The highest BCUT2D eigenvalue weighted by Crippen LogP contribution is 2.34. The monoisotopic (exact) mass is 293 g/mol. The molecule has 0 unspecified atom stereocenters. The number of carbonyl (C=O) groups is 1. The molecule has 0 N–H and O–H groups in total. The predicted molar refractivity (Wildman–Crippen MR) is 79.1 cm³/mol. The van der Waals surface area contributed by atoms with Crippen LogP contribution in [0.3, 0.4) is 0 Å². The average molecular weight is 293 g/mol. The zero-order valence-corrected chi connectivity index (χ0v) is 12.2. The van der Waals surface area contributed by atoms with Gasteiger partial charge in [-0.3, -0.25) is 4.79 Å². The lowest BCUT2D eigenvalue weighted by Crippen LogP contribution is -2.39. The van der Waals surface area contributed by atoms with Crippen molar-refractivity contribution >= 4 is 11.5 Å². The first kappa shape index (κ1) is 14.5. The summed E-state index contributed by atoms with van der Waals surface area (Å²) in [6, 6.07) is 8.27. The van der Waals surface area contributed by atoms with E-state index in [4.69, 9.17) is 0 Å². The van der Waals surface area contributed by atoms with Gasteiger partial charge in [0.05, 0.1) is 0 Å². The Hall–Kier alpha value is -1.45. The number of hydrogen-bond acceptors (Lipinski definition) is 2. The summed E-state index contributed by atoms with van der Waals surface area (Å²) in [5, 5.41) is 0. The number of ketones is 1. The van der Waals surface area contributed by atoms with Crippen LogP contribution in [0.5, 0.6) is 0 Å². The number of Topliss-reactive ketones (excluding diaryl/α,β-unsaturated/α-hetero) is 1. The van der Waals surface area contributed by atoms with Crippen LogP contribution in [0, 0.1) is 0 Å². The van der Waals surface area contributed by atoms with E-state index in [1.165, 1.54) is 5.56 Å². The summed E-state index contributed by atoms with van der Waals surface area (Å²) in [6.45, 7) is 0.842. The Morgan fingerprint density at radius 2 is 1.57 bits per heavy atom. The van der Waals surface area contributed by atoms with Crippen LogP contribution < -0.4 is 4.90 Å². The molecule has 1 saturated carbocycles.